The molecule has 0 bridgehead atoms. The number of rotatable bonds is 12. The van der Waals surface area contributed by atoms with Crippen LogP contribution in [0, 0.1) is 17.8 Å². The number of hydrogen-bond donors (Lipinski definition) is 0. The van der Waals surface area contributed by atoms with Gasteiger partial charge in [0.1, 0.15) is 0 Å². The van der Waals surface area contributed by atoms with Gasteiger partial charge in [-0.1, -0.05) is 77.8 Å². The Morgan fingerprint density at radius 1 is 0.897 bits per heavy atom. The van der Waals surface area contributed by atoms with Crippen LogP contribution in [-0.4, -0.2) is 34.2 Å². The molecule has 3 atom stereocenters. The van der Waals surface area contributed by atoms with Gasteiger partial charge in [0.15, 0.2) is 0 Å². The molecule has 0 radical (unpaired) electrons. The van der Waals surface area contributed by atoms with E-state index in [2.05, 4.69) is 72.4 Å². The molecule has 0 unspecified atom stereocenters. The summed E-state index contributed by atoms with van der Waals surface area (Å²) in [6.45, 7) is 18.9. The Balaban J connectivity index is 3.23. The average molecular weight is 419 g/mol. The zero-order valence-corrected chi connectivity index (χ0v) is 21.0. The van der Waals surface area contributed by atoms with E-state index in [4.69, 9.17) is 13.9 Å². The molecule has 0 saturated heterocycles. The first-order valence-electron chi connectivity index (χ1n) is 10.9. The molecule has 0 N–H and O–H groups in total. The monoisotopic (exact) mass is 418 g/mol. The van der Waals surface area contributed by atoms with Gasteiger partial charge >= 0.3 is 0 Å². The van der Waals surface area contributed by atoms with Crippen LogP contribution in [0.4, 0.5) is 0 Å². The fourth-order valence-electron chi connectivity index (χ4n) is 4.68. The highest BCUT2D eigenvalue weighted by atomic mass is 28.4. The Morgan fingerprint density at radius 2 is 1.45 bits per heavy atom. The Labute approximate surface area is 180 Å². The lowest BCUT2D eigenvalue weighted by molar-refractivity contribution is -0.0801. The predicted octanol–water partition coefficient (Wildman–Crippen LogP) is 6.44. The molecular weight excluding hydrogens is 376 g/mol. The van der Waals surface area contributed by atoms with Crippen LogP contribution in [0.15, 0.2) is 30.3 Å². The van der Waals surface area contributed by atoms with E-state index in [9.17, 15) is 0 Å². The van der Waals surface area contributed by atoms with Crippen LogP contribution in [0.2, 0.25) is 16.6 Å². The molecule has 0 saturated carbocycles. The van der Waals surface area contributed by atoms with E-state index in [1.807, 2.05) is 25.1 Å². The van der Waals surface area contributed by atoms with Gasteiger partial charge in [-0.15, -0.1) is 5.92 Å². The second-order valence-corrected chi connectivity index (χ2v) is 14.3. The molecule has 1 rings (SSSR count). The number of ether oxygens (including phenoxy) is 2. The maximum absolute atomic E-state index is 7.10. The van der Waals surface area contributed by atoms with Crippen LogP contribution in [0.5, 0.6) is 0 Å². The van der Waals surface area contributed by atoms with Gasteiger partial charge in [-0.25, -0.2) is 0 Å². The number of methoxy groups -OCH3 is 1. The van der Waals surface area contributed by atoms with Crippen molar-refractivity contribution in [3.63, 3.8) is 0 Å². The molecule has 1 aromatic rings. The third-order valence-corrected chi connectivity index (χ3v) is 12.0. The molecule has 0 aliphatic rings. The van der Waals surface area contributed by atoms with Gasteiger partial charge < -0.3 is 13.9 Å². The Bertz CT molecular complexity index is 609. The minimum atomic E-state index is -2.08. The summed E-state index contributed by atoms with van der Waals surface area (Å²) < 4.78 is 19.2. The van der Waals surface area contributed by atoms with Gasteiger partial charge in [0.25, 0.3) is 0 Å². The summed E-state index contributed by atoms with van der Waals surface area (Å²) >= 11 is 0. The third kappa shape index (κ3) is 6.96. The van der Waals surface area contributed by atoms with E-state index in [0.29, 0.717) is 29.8 Å². The third-order valence-electron chi connectivity index (χ3n) is 5.91. The standard InChI is InChI=1S/C25H42O3Si/c1-10-14-22(8)25(27-17-23-15-12-11-13-16-23)24(18-26-9)28-29(19(2)3,20(4)5)21(6)7/h11-13,15-16,19-22,24-25H,17-18H2,1-9H3/t22-,24+,25+/m1/s1. The molecule has 0 aromatic heterocycles. The molecule has 29 heavy (non-hydrogen) atoms. The molecule has 0 aliphatic carbocycles. The van der Waals surface area contributed by atoms with Crippen molar-refractivity contribution in [3.8, 4) is 11.8 Å². The molecule has 3 nitrogen and oxygen atoms in total. The first-order valence-corrected chi connectivity index (χ1v) is 13.1. The second kappa shape index (κ2) is 12.5. The van der Waals surface area contributed by atoms with E-state index in [1.165, 1.54) is 0 Å². The first-order chi connectivity index (χ1) is 13.7. The van der Waals surface area contributed by atoms with Gasteiger partial charge in [-0.2, -0.15) is 0 Å². The van der Waals surface area contributed by atoms with E-state index in [1.54, 1.807) is 7.11 Å². The van der Waals surface area contributed by atoms with Crippen LogP contribution < -0.4 is 0 Å². The summed E-state index contributed by atoms with van der Waals surface area (Å²) in [6, 6.07) is 10.3. The minimum Gasteiger partial charge on any atom is -0.408 e. The highest BCUT2D eigenvalue weighted by Crippen LogP contribution is 2.43. The molecule has 4 heteroatoms. The molecule has 1 aromatic carbocycles. The summed E-state index contributed by atoms with van der Waals surface area (Å²) in [4.78, 5) is 0. The van der Waals surface area contributed by atoms with Crippen LogP contribution >= 0.6 is 0 Å². The van der Waals surface area contributed by atoms with Crippen molar-refractivity contribution >= 4 is 8.32 Å². The molecular formula is C25H42O3Si. The van der Waals surface area contributed by atoms with Crippen LogP contribution in [0.1, 0.15) is 61.0 Å². The summed E-state index contributed by atoms with van der Waals surface area (Å²) in [6.07, 6.45) is -0.288. The normalized spacial score (nSPS) is 15.3. The summed E-state index contributed by atoms with van der Waals surface area (Å²) in [5.74, 6) is 6.42. The highest BCUT2D eigenvalue weighted by Gasteiger charge is 2.48. The lowest BCUT2D eigenvalue weighted by Gasteiger charge is -2.46. The number of benzene rings is 1. The first kappa shape index (κ1) is 25.9. The highest BCUT2D eigenvalue weighted by molar-refractivity contribution is 6.77. The lowest BCUT2D eigenvalue weighted by atomic mass is 10.0. The van der Waals surface area contributed by atoms with Crippen molar-refractivity contribution in [2.45, 2.75) is 90.8 Å². The van der Waals surface area contributed by atoms with Crippen molar-refractivity contribution in [1.82, 2.24) is 0 Å². The van der Waals surface area contributed by atoms with Crippen molar-refractivity contribution in [2.24, 2.45) is 5.92 Å². The summed E-state index contributed by atoms with van der Waals surface area (Å²) in [5, 5.41) is 0. The molecule has 0 heterocycles. The average Bonchev–Trinajstić information content (AvgIpc) is 2.66. The van der Waals surface area contributed by atoms with Crippen LogP contribution in [-0.2, 0) is 20.5 Å². The summed E-state index contributed by atoms with van der Waals surface area (Å²) in [5.41, 5.74) is 2.67. The largest absolute Gasteiger partial charge is 0.408 e. The summed E-state index contributed by atoms with van der Waals surface area (Å²) in [7, 11) is -0.336. The van der Waals surface area contributed by atoms with E-state index >= 15 is 0 Å². The minimum absolute atomic E-state index is 0.0575. The molecule has 0 aliphatic heterocycles. The van der Waals surface area contributed by atoms with Gasteiger partial charge in [0.05, 0.1) is 25.4 Å². The van der Waals surface area contributed by atoms with Gasteiger partial charge in [-0.05, 0) is 36.0 Å². The van der Waals surface area contributed by atoms with Crippen LogP contribution in [0.25, 0.3) is 0 Å². The predicted molar refractivity (Wildman–Crippen MR) is 125 cm³/mol. The molecule has 0 amide bonds. The molecule has 0 fully saturated rings. The maximum atomic E-state index is 7.10. The van der Waals surface area contributed by atoms with Gasteiger partial charge in [0, 0.05) is 13.0 Å². The second-order valence-electron chi connectivity index (χ2n) is 8.87. The van der Waals surface area contributed by atoms with Crippen LogP contribution in [0.3, 0.4) is 0 Å². The van der Waals surface area contributed by atoms with E-state index < -0.39 is 8.32 Å². The SMILES string of the molecule is CC#C[C@@H](C)[C@H](OCc1ccccc1)[C@H](COC)O[Si](C(C)C)(C(C)C)C(C)C. The molecule has 0 spiro atoms. The Morgan fingerprint density at radius 3 is 1.90 bits per heavy atom. The van der Waals surface area contributed by atoms with Gasteiger partial charge in [0.2, 0.25) is 8.32 Å². The van der Waals surface area contributed by atoms with E-state index in [-0.39, 0.29) is 18.1 Å². The van der Waals surface area contributed by atoms with Crippen molar-refractivity contribution in [1.29, 1.82) is 0 Å². The fourth-order valence-corrected chi connectivity index (χ4v) is 10.2. The lowest BCUT2D eigenvalue weighted by Crippen LogP contribution is -2.54. The zero-order chi connectivity index (χ0) is 22.0. The number of hydrogen-bond acceptors (Lipinski definition) is 3. The van der Waals surface area contributed by atoms with E-state index in [0.717, 1.165) is 5.56 Å². The Hall–Kier alpha value is -1.12. The van der Waals surface area contributed by atoms with Crippen molar-refractivity contribution < 1.29 is 13.9 Å². The Kier molecular flexibility index (Phi) is 11.2. The topological polar surface area (TPSA) is 27.7 Å². The quantitative estimate of drug-likeness (QED) is 0.289. The fraction of sp³-hybridized carbons (Fsp3) is 0.680. The van der Waals surface area contributed by atoms with Crippen molar-refractivity contribution in [2.75, 3.05) is 13.7 Å². The van der Waals surface area contributed by atoms with Gasteiger partial charge in [-0.3, -0.25) is 0 Å². The maximum Gasteiger partial charge on any atom is 0.201 e. The van der Waals surface area contributed by atoms with Crippen molar-refractivity contribution in [3.05, 3.63) is 35.9 Å². The zero-order valence-electron chi connectivity index (χ0n) is 20.0. The smallest absolute Gasteiger partial charge is 0.201 e. The molecule has 164 valence electrons.